The van der Waals surface area contributed by atoms with Crippen LogP contribution >= 0.6 is 0 Å². The molecule has 0 radical (unpaired) electrons. The number of benzene rings is 1. The Morgan fingerprint density at radius 2 is 1.95 bits per heavy atom. The second-order valence-electron chi connectivity index (χ2n) is 5.36. The molecule has 0 bridgehead atoms. The van der Waals surface area contributed by atoms with Gasteiger partial charge in [-0.05, 0) is 17.9 Å². The maximum absolute atomic E-state index is 12.3. The molecule has 0 aliphatic carbocycles. The van der Waals surface area contributed by atoms with Gasteiger partial charge in [0.2, 0.25) is 5.91 Å². The van der Waals surface area contributed by atoms with Crippen LogP contribution in [0.1, 0.15) is 51.0 Å². The molecule has 3 N–H and O–H groups in total. The van der Waals surface area contributed by atoms with Crippen LogP contribution in [-0.2, 0) is 4.79 Å². The Labute approximate surface area is 122 Å². The highest BCUT2D eigenvalue weighted by Gasteiger charge is 2.19. The van der Waals surface area contributed by atoms with Crippen LogP contribution in [0, 0.1) is 5.92 Å². The number of carbonyl (C=O) groups is 1. The van der Waals surface area contributed by atoms with E-state index in [1.807, 2.05) is 30.3 Å². The molecule has 1 aromatic rings. The summed E-state index contributed by atoms with van der Waals surface area (Å²) < 4.78 is 0. The van der Waals surface area contributed by atoms with Gasteiger partial charge in [0.25, 0.3) is 0 Å². The number of hydrogen-bond acceptors (Lipinski definition) is 2. The summed E-state index contributed by atoms with van der Waals surface area (Å²) in [6, 6.07) is 9.77. The smallest absolute Gasteiger partial charge is 0.228 e. The molecule has 0 saturated carbocycles. The lowest BCUT2D eigenvalue weighted by atomic mass is 9.96. The molecule has 112 valence electrons. The Morgan fingerprint density at radius 1 is 1.25 bits per heavy atom. The highest BCUT2D eigenvalue weighted by atomic mass is 16.1. The van der Waals surface area contributed by atoms with Gasteiger partial charge in [0.1, 0.15) is 0 Å². The van der Waals surface area contributed by atoms with Crippen LogP contribution < -0.4 is 11.1 Å². The van der Waals surface area contributed by atoms with Crippen molar-refractivity contribution in [3.8, 4) is 0 Å². The van der Waals surface area contributed by atoms with Gasteiger partial charge in [0.15, 0.2) is 0 Å². The average Bonchev–Trinajstić information content (AvgIpc) is 2.49. The van der Waals surface area contributed by atoms with Crippen molar-refractivity contribution in [2.24, 2.45) is 11.7 Å². The summed E-state index contributed by atoms with van der Waals surface area (Å²) in [7, 11) is 0. The third kappa shape index (κ3) is 5.33. The quantitative estimate of drug-likeness (QED) is 0.728. The van der Waals surface area contributed by atoms with Crippen LogP contribution in [-0.4, -0.2) is 19.0 Å². The van der Waals surface area contributed by atoms with Crippen molar-refractivity contribution in [3.05, 3.63) is 35.9 Å². The minimum atomic E-state index is -0.236. The lowest BCUT2D eigenvalue weighted by Gasteiger charge is -2.19. The van der Waals surface area contributed by atoms with E-state index in [4.69, 9.17) is 5.73 Å². The number of carbonyl (C=O) groups excluding carboxylic acids is 1. The molecule has 2 atom stereocenters. The van der Waals surface area contributed by atoms with Crippen LogP contribution in [0.4, 0.5) is 0 Å². The van der Waals surface area contributed by atoms with Crippen molar-refractivity contribution in [1.82, 2.24) is 5.32 Å². The summed E-state index contributed by atoms with van der Waals surface area (Å²) in [4.78, 5) is 12.3. The molecule has 0 aromatic heterocycles. The lowest BCUT2D eigenvalue weighted by molar-refractivity contribution is -0.122. The molecule has 20 heavy (non-hydrogen) atoms. The summed E-state index contributed by atoms with van der Waals surface area (Å²) in [6.07, 6.45) is 4.73. The SMILES string of the molecule is CCCCC(CC)CNC(=O)C(CN)c1ccccc1. The molecule has 0 aliphatic heterocycles. The van der Waals surface area contributed by atoms with Gasteiger partial charge in [-0.3, -0.25) is 4.79 Å². The fraction of sp³-hybridized carbons (Fsp3) is 0.588. The van der Waals surface area contributed by atoms with E-state index in [1.54, 1.807) is 0 Å². The highest BCUT2D eigenvalue weighted by Crippen LogP contribution is 2.15. The third-order valence-electron chi connectivity index (χ3n) is 3.86. The minimum absolute atomic E-state index is 0.0497. The van der Waals surface area contributed by atoms with E-state index in [2.05, 4.69) is 19.2 Å². The van der Waals surface area contributed by atoms with Crippen molar-refractivity contribution >= 4 is 5.91 Å². The number of nitrogens with two attached hydrogens (primary N) is 1. The molecule has 1 rings (SSSR count). The maximum atomic E-state index is 12.3. The molecule has 0 fully saturated rings. The van der Waals surface area contributed by atoms with E-state index in [0.717, 1.165) is 18.5 Å². The number of unbranched alkanes of at least 4 members (excludes halogenated alkanes) is 1. The average molecular weight is 276 g/mol. The third-order valence-corrected chi connectivity index (χ3v) is 3.86. The lowest BCUT2D eigenvalue weighted by Crippen LogP contribution is -2.36. The molecule has 0 spiro atoms. The number of hydrogen-bond donors (Lipinski definition) is 2. The van der Waals surface area contributed by atoms with E-state index in [1.165, 1.54) is 19.3 Å². The molecule has 0 aliphatic rings. The normalized spacial score (nSPS) is 13.8. The van der Waals surface area contributed by atoms with Gasteiger partial charge in [0, 0.05) is 13.1 Å². The Bertz CT molecular complexity index is 378. The molecule has 0 heterocycles. The molecule has 0 saturated heterocycles. The van der Waals surface area contributed by atoms with Crippen LogP contribution in [0.2, 0.25) is 0 Å². The van der Waals surface area contributed by atoms with Gasteiger partial charge >= 0.3 is 0 Å². The van der Waals surface area contributed by atoms with Crippen LogP contribution in [0.5, 0.6) is 0 Å². The van der Waals surface area contributed by atoms with Crippen molar-refractivity contribution in [2.75, 3.05) is 13.1 Å². The van der Waals surface area contributed by atoms with Gasteiger partial charge in [-0.15, -0.1) is 0 Å². The Hall–Kier alpha value is -1.35. The van der Waals surface area contributed by atoms with Crippen LogP contribution in [0.15, 0.2) is 30.3 Å². The van der Waals surface area contributed by atoms with E-state index in [0.29, 0.717) is 12.5 Å². The number of amides is 1. The summed E-state index contributed by atoms with van der Waals surface area (Å²) in [5.74, 6) is 0.390. The second-order valence-corrected chi connectivity index (χ2v) is 5.36. The van der Waals surface area contributed by atoms with Crippen LogP contribution in [0.3, 0.4) is 0 Å². The topological polar surface area (TPSA) is 55.1 Å². The fourth-order valence-corrected chi connectivity index (χ4v) is 2.39. The van der Waals surface area contributed by atoms with E-state index in [-0.39, 0.29) is 11.8 Å². The first-order valence-corrected chi connectivity index (χ1v) is 7.75. The minimum Gasteiger partial charge on any atom is -0.355 e. The number of nitrogens with one attached hydrogen (secondary N) is 1. The van der Waals surface area contributed by atoms with Crippen LogP contribution in [0.25, 0.3) is 0 Å². The zero-order chi connectivity index (χ0) is 14.8. The summed E-state index contributed by atoms with van der Waals surface area (Å²) >= 11 is 0. The first-order chi connectivity index (χ1) is 9.72. The zero-order valence-corrected chi connectivity index (χ0v) is 12.8. The summed E-state index contributed by atoms with van der Waals surface area (Å²) in [5, 5.41) is 3.07. The molecule has 3 nitrogen and oxygen atoms in total. The van der Waals surface area contributed by atoms with Gasteiger partial charge in [-0.1, -0.05) is 63.4 Å². The van der Waals surface area contributed by atoms with Gasteiger partial charge in [-0.25, -0.2) is 0 Å². The molecule has 2 unspecified atom stereocenters. The monoisotopic (exact) mass is 276 g/mol. The maximum Gasteiger partial charge on any atom is 0.228 e. The van der Waals surface area contributed by atoms with E-state index < -0.39 is 0 Å². The van der Waals surface area contributed by atoms with Gasteiger partial charge < -0.3 is 11.1 Å². The second kappa shape index (κ2) is 9.54. The molecule has 1 amide bonds. The standard InChI is InChI=1S/C17H28N2O/c1-3-5-9-14(4-2)13-19-17(20)16(12-18)15-10-7-6-8-11-15/h6-8,10-11,14,16H,3-5,9,12-13,18H2,1-2H3,(H,19,20). The summed E-state index contributed by atoms with van der Waals surface area (Å²) in [5.41, 5.74) is 6.76. The largest absolute Gasteiger partial charge is 0.355 e. The van der Waals surface area contributed by atoms with Crippen molar-refractivity contribution < 1.29 is 4.79 Å². The van der Waals surface area contributed by atoms with Gasteiger partial charge in [0.05, 0.1) is 5.92 Å². The fourth-order valence-electron chi connectivity index (χ4n) is 2.39. The van der Waals surface area contributed by atoms with E-state index >= 15 is 0 Å². The highest BCUT2D eigenvalue weighted by molar-refractivity contribution is 5.83. The Kier molecular flexibility index (Phi) is 7.97. The molecule has 1 aromatic carbocycles. The summed E-state index contributed by atoms with van der Waals surface area (Å²) in [6.45, 7) is 5.50. The predicted octanol–water partition coefficient (Wildman–Crippen LogP) is 3.06. The Morgan fingerprint density at radius 3 is 2.50 bits per heavy atom. The van der Waals surface area contributed by atoms with Crippen molar-refractivity contribution in [1.29, 1.82) is 0 Å². The Balaban J connectivity index is 2.51. The van der Waals surface area contributed by atoms with Gasteiger partial charge in [-0.2, -0.15) is 0 Å². The van der Waals surface area contributed by atoms with E-state index in [9.17, 15) is 4.79 Å². The molecule has 3 heteroatoms. The number of rotatable bonds is 9. The van der Waals surface area contributed by atoms with Crippen molar-refractivity contribution in [2.45, 2.75) is 45.4 Å². The molecular formula is C17H28N2O. The predicted molar refractivity (Wildman–Crippen MR) is 84.6 cm³/mol. The first kappa shape index (κ1) is 16.7. The zero-order valence-electron chi connectivity index (χ0n) is 12.8. The first-order valence-electron chi connectivity index (χ1n) is 7.75. The van der Waals surface area contributed by atoms with Crippen molar-refractivity contribution in [3.63, 3.8) is 0 Å². The molecular weight excluding hydrogens is 248 g/mol.